The predicted molar refractivity (Wildman–Crippen MR) is 94.6 cm³/mol. The van der Waals surface area contributed by atoms with Gasteiger partial charge in [-0.3, -0.25) is 9.59 Å². The van der Waals surface area contributed by atoms with Crippen molar-refractivity contribution in [2.24, 2.45) is 11.7 Å². The van der Waals surface area contributed by atoms with Gasteiger partial charge in [-0.2, -0.15) is 0 Å². The van der Waals surface area contributed by atoms with Crippen LogP contribution in [0.3, 0.4) is 0 Å². The van der Waals surface area contributed by atoms with Gasteiger partial charge in [-0.15, -0.1) is 11.3 Å². The Morgan fingerprint density at radius 2 is 2.00 bits per heavy atom. The molecule has 0 saturated carbocycles. The number of rotatable bonds is 4. The Balaban J connectivity index is 1.77. The fourth-order valence-electron chi connectivity index (χ4n) is 2.99. The SMILES string of the molecule is Cc1ccc(-c2nc(C)sc2CC(=O)N2CC[C@H](C(N)=O)C2)cc1. The lowest BCUT2D eigenvalue weighted by molar-refractivity contribution is -0.129. The summed E-state index contributed by atoms with van der Waals surface area (Å²) >= 11 is 1.56. The molecule has 24 heavy (non-hydrogen) atoms. The molecule has 2 heterocycles. The van der Waals surface area contributed by atoms with Crippen LogP contribution in [0.15, 0.2) is 24.3 Å². The van der Waals surface area contributed by atoms with Crippen molar-refractivity contribution in [1.82, 2.24) is 9.88 Å². The summed E-state index contributed by atoms with van der Waals surface area (Å²) in [6.07, 6.45) is 0.980. The molecular weight excluding hydrogens is 322 g/mol. The van der Waals surface area contributed by atoms with E-state index in [1.165, 1.54) is 5.56 Å². The minimum absolute atomic E-state index is 0.0377. The molecule has 5 nitrogen and oxygen atoms in total. The van der Waals surface area contributed by atoms with Gasteiger partial charge in [0, 0.05) is 23.5 Å². The highest BCUT2D eigenvalue weighted by Crippen LogP contribution is 2.29. The zero-order valence-electron chi connectivity index (χ0n) is 13.9. The molecule has 1 aromatic carbocycles. The lowest BCUT2D eigenvalue weighted by Crippen LogP contribution is -2.32. The van der Waals surface area contributed by atoms with Gasteiger partial charge in [0.1, 0.15) is 0 Å². The maximum Gasteiger partial charge on any atom is 0.227 e. The lowest BCUT2D eigenvalue weighted by atomic mass is 10.1. The van der Waals surface area contributed by atoms with E-state index in [0.717, 1.165) is 21.1 Å². The van der Waals surface area contributed by atoms with Crippen LogP contribution in [0.1, 0.15) is 21.9 Å². The molecule has 2 amide bonds. The van der Waals surface area contributed by atoms with Crippen molar-refractivity contribution in [3.05, 3.63) is 39.7 Å². The van der Waals surface area contributed by atoms with E-state index < -0.39 is 0 Å². The van der Waals surface area contributed by atoms with Gasteiger partial charge in [-0.05, 0) is 20.3 Å². The molecule has 126 valence electrons. The first-order valence-electron chi connectivity index (χ1n) is 8.04. The molecule has 0 bridgehead atoms. The predicted octanol–water partition coefficient (Wildman–Crippen LogP) is 2.30. The van der Waals surface area contributed by atoms with Gasteiger partial charge in [0.25, 0.3) is 0 Å². The number of hydrogen-bond acceptors (Lipinski definition) is 4. The van der Waals surface area contributed by atoms with Gasteiger partial charge < -0.3 is 10.6 Å². The number of benzene rings is 1. The number of likely N-dealkylation sites (tertiary alicyclic amines) is 1. The minimum Gasteiger partial charge on any atom is -0.369 e. The topological polar surface area (TPSA) is 76.3 Å². The molecule has 1 aliphatic rings. The second-order valence-electron chi connectivity index (χ2n) is 6.28. The van der Waals surface area contributed by atoms with E-state index in [1.54, 1.807) is 16.2 Å². The summed E-state index contributed by atoms with van der Waals surface area (Å²) in [7, 11) is 0. The molecule has 0 radical (unpaired) electrons. The zero-order valence-corrected chi connectivity index (χ0v) is 14.7. The number of thiazole rings is 1. The lowest BCUT2D eigenvalue weighted by Gasteiger charge is -2.15. The number of aromatic nitrogens is 1. The second kappa shape index (κ2) is 6.73. The van der Waals surface area contributed by atoms with Gasteiger partial charge in [0.2, 0.25) is 11.8 Å². The molecule has 0 spiro atoms. The first-order chi connectivity index (χ1) is 11.4. The fraction of sp³-hybridized carbons (Fsp3) is 0.389. The van der Waals surface area contributed by atoms with E-state index >= 15 is 0 Å². The van der Waals surface area contributed by atoms with Crippen molar-refractivity contribution < 1.29 is 9.59 Å². The molecule has 2 N–H and O–H groups in total. The normalized spacial score (nSPS) is 17.2. The summed E-state index contributed by atoms with van der Waals surface area (Å²) in [4.78, 5) is 31.2. The Labute approximate surface area is 145 Å². The molecule has 3 rings (SSSR count). The molecular formula is C18H21N3O2S. The minimum atomic E-state index is -0.320. The summed E-state index contributed by atoms with van der Waals surface area (Å²) in [5.74, 6) is -0.497. The van der Waals surface area contributed by atoms with Crippen LogP contribution in [-0.4, -0.2) is 34.8 Å². The van der Waals surface area contributed by atoms with E-state index in [1.807, 2.05) is 38.1 Å². The third kappa shape index (κ3) is 3.48. The number of carbonyl (C=O) groups is 2. The Morgan fingerprint density at radius 1 is 1.29 bits per heavy atom. The Morgan fingerprint density at radius 3 is 2.62 bits per heavy atom. The quantitative estimate of drug-likeness (QED) is 0.925. The van der Waals surface area contributed by atoms with Crippen molar-refractivity contribution in [3.63, 3.8) is 0 Å². The van der Waals surface area contributed by atoms with Crippen molar-refractivity contribution >= 4 is 23.2 Å². The van der Waals surface area contributed by atoms with Crippen LogP contribution in [0.4, 0.5) is 0 Å². The van der Waals surface area contributed by atoms with E-state index in [0.29, 0.717) is 25.9 Å². The molecule has 0 unspecified atom stereocenters. The average molecular weight is 343 g/mol. The van der Waals surface area contributed by atoms with Crippen LogP contribution in [0.25, 0.3) is 11.3 Å². The first kappa shape index (κ1) is 16.6. The smallest absolute Gasteiger partial charge is 0.227 e. The van der Waals surface area contributed by atoms with Crippen LogP contribution < -0.4 is 5.73 Å². The Kier molecular flexibility index (Phi) is 4.66. The van der Waals surface area contributed by atoms with E-state index in [2.05, 4.69) is 4.98 Å². The number of carbonyl (C=O) groups excluding carboxylic acids is 2. The highest BCUT2D eigenvalue weighted by molar-refractivity contribution is 7.12. The van der Waals surface area contributed by atoms with Crippen LogP contribution in [0.5, 0.6) is 0 Å². The summed E-state index contributed by atoms with van der Waals surface area (Å²) in [6.45, 7) is 5.04. The van der Waals surface area contributed by atoms with Crippen molar-refractivity contribution in [2.45, 2.75) is 26.7 Å². The number of primary amides is 1. The number of nitrogens with two attached hydrogens (primary N) is 1. The third-order valence-electron chi connectivity index (χ3n) is 4.38. The highest BCUT2D eigenvalue weighted by Gasteiger charge is 2.30. The van der Waals surface area contributed by atoms with Gasteiger partial charge in [-0.1, -0.05) is 29.8 Å². The maximum absolute atomic E-state index is 12.6. The summed E-state index contributed by atoms with van der Waals surface area (Å²) in [6, 6.07) is 8.18. The molecule has 1 atom stereocenters. The molecule has 1 fully saturated rings. The summed E-state index contributed by atoms with van der Waals surface area (Å²) in [5.41, 5.74) is 8.45. The van der Waals surface area contributed by atoms with E-state index in [9.17, 15) is 9.59 Å². The Bertz CT molecular complexity index is 767. The summed E-state index contributed by atoms with van der Waals surface area (Å²) in [5, 5.41) is 0.949. The number of amides is 2. The Hall–Kier alpha value is -2.21. The van der Waals surface area contributed by atoms with Gasteiger partial charge in [0.05, 0.1) is 23.0 Å². The number of hydrogen-bond donors (Lipinski definition) is 1. The molecule has 0 aliphatic carbocycles. The van der Waals surface area contributed by atoms with E-state index in [4.69, 9.17) is 5.73 Å². The number of nitrogens with zero attached hydrogens (tertiary/aromatic N) is 2. The standard InChI is InChI=1S/C18H21N3O2S/c1-11-3-5-13(6-4-11)17-15(24-12(2)20-17)9-16(22)21-8-7-14(10-21)18(19)23/h3-6,14H,7-10H2,1-2H3,(H2,19,23)/t14-/m0/s1. The van der Waals surface area contributed by atoms with Crippen molar-refractivity contribution in [2.75, 3.05) is 13.1 Å². The molecule has 2 aromatic rings. The monoisotopic (exact) mass is 343 g/mol. The van der Waals surface area contributed by atoms with Gasteiger partial charge in [0.15, 0.2) is 0 Å². The number of aryl methyl sites for hydroxylation is 2. The molecule has 1 saturated heterocycles. The second-order valence-corrected chi connectivity index (χ2v) is 7.56. The van der Waals surface area contributed by atoms with Crippen molar-refractivity contribution in [3.8, 4) is 11.3 Å². The largest absolute Gasteiger partial charge is 0.369 e. The molecule has 1 aromatic heterocycles. The third-order valence-corrected chi connectivity index (χ3v) is 5.36. The highest BCUT2D eigenvalue weighted by atomic mass is 32.1. The van der Waals surface area contributed by atoms with Gasteiger partial charge >= 0.3 is 0 Å². The summed E-state index contributed by atoms with van der Waals surface area (Å²) < 4.78 is 0. The maximum atomic E-state index is 12.6. The van der Waals surface area contributed by atoms with Crippen LogP contribution in [0.2, 0.25) is 0 Å². The fourth-order valence-corrected chi connectivity index (χ4v) is 3.94. The zero-order chi connectivity index (χ0) is 17.3. The van der Waals surface area contributed by atoms with Crippen molar-refractivity contribution in [1.29, 1.82) is 0 Å². The molecule has 6 heteroatoms. The molecule has 1 aliphatic heterocycles. The van der Waals surface area contributed by atoms with Crippen LogP contribution >= 0.6 is 11.3 Å². The average Bonchev–Trinajstić information content (AvgIpc) is 3.15. The van der Waals surface area contributed by atoms with Gasteiger partial charge in [-0.25, -0.2) is 4.98 Å². The van der Waals surface area contributed by atoms with E-state index in [-0.39, 0.29) is 17.7 Å². The first-order valence-corrected chi connectivity index (χ1v) is 8.86. The van der Waals surface area contributed by atoms with Crippen LogP contribution in [0, 0.1) is 19.8 Å². The van der Waals surface area contributed by atoms with Crippen LogP contribution in [-0.2, 0) is 16.0 Å².